The van der Waals surface area contributed by atoms with E-state index in [0.29, 0.717) is 19.3 Å². The highest BCUT2D eigenvalue weighted by Gasteiger charge is 2.19. The lowest BCUT2D eigenvalue weighted by atomic mass is 10.0. The lowest BCUT2D eigenvalue weighted by Gasteiger charge is -2.18. The van der Waals surface area contributed by atoms with Crippen LogP contribution in [0.25, 0.3) is 0 Å². The number of esters is 3. The molecule has 0 rings (SSSR count). The number of hydrogen-bond acceptors (Lipinski definition) is 6. The fraction of sp³-hybridized carbons (Fsp3) is 0.879. The zero-order chi connectivity index (χ0) is 46.5. The molecule has 0 aliphatic rings. The van der Waals surface area contributed by atoms with Crippen LogP contribution in [0.5, 0.6) is 0 Å². The van der Waals surface area contributed by atoms with E-state index < -0.39 is 6.10 Å². The first-order valence-corrected chi connectivity index (χ1v) is 28.3. The van der Waals surface area contributed by atoms with E-state index >= 15 is 0 Å². The number of allylic oxidation sites excluding steroid dienone is 4. The first-order chi connectivity index (χ1) is 31.5. The van der Waals surface area contributed by atoms with Gasteiger partial charge in [0.1, 0.15) is 13.2 Å². The van der Waals surface area contributed by atoms with Crippen molar-refractivity contribution in [2.45, 2.75) is 316 Å². The van der Waals surface area contributed by atoms with E-state index in [0.717, 1.165) is 70.6 Å². The van der Waals surface area contributed by atoms with Crippen LogP contribution < -0.4 is 0 Å². The molecule has 0 bridgehead atoms. The topological polar surface area (TPSA) is 78.9 Å². The largest absolute Gasteiger partial charge is 0.462 e. The maximum Gasteiger partial charge on any atom is 0.306 e. The minimum absolute atomic E-state index is 0.0730. The standard InChI is InChI=1S/C58H108O6/c1-4-7-10-13-16-19-22-25-27-28-29-31-33-36-39-42-45-48-51-57(60)63-54-55(53-62-56(59)50-47-44-41-38-35-32-24-21-18-15-12-9-6-3)64-58(61)52-49-46-43-40-37-34-30-26-23-20-17-14-11-8-5-2/h21,24,26,30,55H,4-20,22-23,25,27-29,31-54H2,1-3H3/b24-21-,30-26-. The van der Waals surface area contributed by atoms with Gasteiger partial charge in [-0.25, -0.2) is 0 Å². The Hall–Kier alpha value is -2.11. The molecule has 64 heavy (non-hydrogen) atoms. The van der Waals surface area contributed by atoms with Crippen molar-refractivity contribution < 1.29 is 28.6 Å². The van der Waals surface area contributed by atoms with Gasteiger partial charge in [-0.15, -0.1) is 0 Å². The second kappa shape index (κ2) is 53.5. The Morgan fingerprint density at radius 1 is 0.297 bits per heavy atom. The van der Waals surface area contributed by atoms with Gasteiger partial charge in [0.05, 0.1) is 0 Å². The summed E-state index contributed by atoms with van der Waals surface area (Å²) in [6.07, 6.45) is 61.6. The van der Waals surface area contributed by atoms with E-state index in [-0.39, 0.29) is 31.1 Å². The van der Waals surface area contributed by atoms with Crippen LogP contribution in [0.3, 0.4) is 0 Å². The summed E-state index contributed by atoms with van der Waals surface area (Å²) in [5.41, 5.74) is 0. The Morgan fingerprint density at radius 3 is 0.797 bits per heavy atom. The Labute approximate surface area is 398 Å². The van der Waals surface area contributed by atoms with Crippen LogP contribution in [-0.2, 0) is 28.6 Å². The van der Waals surface area contributed by atoms with Gasteiger partial charge < -0.3 is 14.2 Å². The number of hydrogen-bond donors (Lipinski definition) is 0. The third kappa shape index (κ3) is 50.9. The maximum atomic E-state index is 12.8. The molecule has 376 valence electrons. The van der Waals surface area contributed by atoms with Gasteiger partial charge in [0, 0.05) is 19.3 Å². The van der Waals surface area contributed by atoms with Crippen molar-refractivity contribution in [3.8, 4) is 0 Å². The fourth-order valence-corrected chi connectivity index (χ4v) is 8.37. The summed E-state index contributed by atoms with van der Waals surface area (Å²) in [6.45, 7) is 6.65. The van der Waals surface area contributed by atoms with E-state index in [1.807, 2.05) is 0 Å². The van der Waals surface area contributed by atoms with Gasteiger partial charge in [0.25, 0.3) is 0 Å². The Morgan fingerprint density at radius 2 is 0.516 bits per heavy atom. The summed E-state index contributed by atoms with van der Waals surface area (Å²) in [4.78, 5) is 38.1. The lowest BCUT2D eigenvalue weighted by Crippen LogP contribution is -2.30. The van der Waals surface area contributed by atoms with Crippen molar-refractivity contribution in [3.05, 3.63) is 24.3 Å². The molecule has 6 heteroatoms. The second-order valence-corrected chi connectivity index (χ2v) is 19.2. The molecule has 0 fully saturated rings. The van der Waals surface area contributed by atoms with Crippen LogP contribution in [0.1, 0.15) is 310 Å². The second-order valence-electron chi connectivity index (χ2n) is 19.2. The smallest absolute Gasteiger partial charge is 0.306 e. The molecule has 0 aliphatic heterocycles. The summed E-state index contributed by atoms with van der Waals surface area (Å²) in [5.74, 6) is -0.873. The molecule has 0 aliphatic carbocycles. The summed E-state index contributed by atoms with van der Waals surface area (Å²) >= 11 is 0. The number of rotatable bonds is 52. The molecule has 1 atom stereocenters. The molecular weight excluding hydrogens is 793 g/mol. The van der Waals surface area contributed by atoms with Gasteiger partial charge in [0.2, 0.25) is 0 Å². The van der Waals surface area contributed by atoms with Gasteiger partial charge >= 0.3 is 17.9 Å². The first kappa shape index (κ1) is 61.9. The highest BCUT2D eigenvalue weighted by atomic mass is 16.6. The molecule has 0 amide bonds. The summed E-state index contributed by atoms with van der Waals surface area (Å²) < 4.78 is 16.8. The van der Waals surface area contributed by atoms with Crippen LogP contribution in [0, 0.1) is 0 Å². The minimum atomic E-state index is -0.774. The van der Waals surface area contributed by atoms with Crippen LogP contribution in [0.2, 0.25) is 0 Å². The Bertz CT molecular complexity index is 1040. The SMILES string of the molecule is CCCCCC/C=C\CCCCCCCC(=O)OCC(COC(=O)CCCCCCCCCCCCCCCCCCCC)OC(=O)CCCCCCC/C=C\CCCCCCCC. The lowest BCUT2D eigenvalue weighted by molar-refractivity contribution is -0.167. The zero-order valence-electron chi connectivity index (χ0n) is 43.1. The van der Waals surface area contributed by atoms with Crippen molar-refractivity contribution in [2.24, 2.45) is 0 Å². The van der Waals surface area contributed by atoms with Gasteiger partial charge in [-0.3, -0.25) is 14.4 Å². The van der Waals surface area contributed by atoms with Crippen molar-refractivity contribution in [1.29, 1.82) is 0 Å². The molecule has 1 unspecified atom stereocenters. The van der Waals surface area contributed by atoms with Crippen LogP contribution in [-0.4, -0.2) is 37.2 Å². The van der Waals surface area contributed by atoms with Crippen molar-refractivity contribution in [3.63, 3.8) is 0 Å². The average molecular weight is 901 g/mol. The van der Waals surface area contributed by atoms with Gasteiger partial charge in [-0.1, -0.05) is 244 Å². The van der Waals surface area contributed by atoms with Crippen molar-refractivity contribution in [1.82, 2.24) is 0 Å². The fourth-order valence-electron chi connectivity index (χ4n) is 8.37. The molecule has 0 aromatic heterocycles. The van der Waals surface area contributed by atoms with Crippen LogP contribution in [0.15, 0.2) is 24.3 Å². The van der Waals surface area contributed by atoms with Gasteiger partial charge in [-0.05, 0) is 70.6 Å². The molecule has 0 N–H and O–H groups in total. The van der Waals surface area contributed by atoms with Crippen LogP contribution >= 0.6 is 0 Å². The summed E-state index contributed by atoms with van der Waals surface area (Å²) in [5, 5.41) is 0. The van der Waals surface area contributed by atoms with E-state index in [4.69, 9.17) is 14.2 Å². The average Bonchev–Trinajstić information content (AvgIpc) is 3.29. The monoisotopic (exact) mass is 901 g/mol. The minimum Gasteiger partial charge on any atom is -0.462 e. The molecular formula is C58H108O6. The van der Waals surface area contributed by atoms with Crippen LogP contribution in [0.4, 0.5) is 0 Å². The third-order valence-electron chi connectivity index (χ3n) is 12.7. The number of carbonyl (C=O) groups is 3. The first-order valence-electron chi connectivity index (χ1n) is 28.3. The number of carbonyl (C=O) groups excluding carboxylic acids is 3. The Kier molecular flexibility index (Phi) is 51.7. The zero-order valence-corrected chi connectivity index (χ0v) is 43.1. The predicted octanol–water partition coefficient (Wildman–Crippen LogP) is 18.7. The number of ether oxygens (including phenoxy) is 3. The maximum absolute atomic E-state index is 12.8. The predicted molar refractivity (Wildman–Crippen MR) is 275 cm³/mol. The van der Waals surface area contributed by atoms with E-state index in [1.165, 1.54) is 199 Å². The number of unbranched alkanes of at least 4 members (excludes halogenated alkanes) is 37. The molecule has 0 saturated carbocycles. The normalized spacial score (nSPS) is 12.1. The molecule has 0 radical (unpaired) electrons. The molecule has 6 nitrogen and oxygen atoms in total. The van der Waals surface area contributed by atoms with Gasteiger partial charge in [0.15, 0.2) is 6.10 Å². The summed E-state index contributed by atoms with van der Waals surface area (Å²) in [7, 11) is 0. The van der Waals surface area contributed by atoms with E-state index in [1.54, 1.807) is 0 Å². The third-order valence-corrected chi connectivity index (χ3v) is 12.7. The van der Waals surface area contributed by atoms with E-state index in [9.17, 15) is 14.4 Å². The van der Waals surface area contributed by atoms with Gasteiger partial charge in [-0.2, -0.15) is 0 Å². The Balaban J connectivity index is 4.33. The highest BCUT2D eigenvalue weighted by Crippen LogP contribution is 2.16. The summed E-state index contributed by atoms with van der Waals surface area (Å²) in [6, 6.07) is 0. The molecule has 0 spiro atoms. The van der Waals surface area contributed by atoms with E-state index in [2.05, 4.69) is 45.1 Å². The molecule has 0 aromatic carbocycles. The molecule has 0 saturated heterocycles. The molecule has 0 aromatic rings. The highest BCUT2D eigenvalue weighted by molar-refractivity contribution is 5.71. The molecule has 0 heterocycles. The quantitative estimate of drug-likeness (QED) is 0.0262. The van der Waals surface area contributed by atoms with Crippen molar-refractivity contribution in [2.75, 3.05) is 13.2 Å². The van der Waals surface area contributed by atoms with Crippen molar-refractivity contribution >= 4 is 17.9 Å².